The fraction of sp³-hybridized carbons (Fsp3) is 0.515. The van der Waals surface area contributed by atoms with Gasteiger partial charge < -0.3 is 24.4 Å². The third-order valence-corrected chi connectivity index (χ3v) is 9.94. The number of anilines is 2. The fourth-order valence-electron chi connectivity index (χ4n) is 6.85. The Balaban J connectivity index is 1.31. The van der Waals surface area contributed by atoms with Crippen LogP contribution in [-0.2, 0) is 11.3 Å². The lowest BCUT2D eigenvalue weighted by Gasteiger charge is -2.33. The molecule has 2 atom stereocenters. The number of piperidine rings is 1. The zero-order chi connectivity index (χ0) is 29.2. The number of hydrogen-bond donors (Lipinski definition) is 1. The van der Waals surface area contributed by atoms with Gasteiger partial charge in [0.05, 0.1) is 41.7 Å². The molecule has 224 valence electrons. The first kappa shape index (κ1) is 29.4. The van der Waals surface area contributed by atoms with Gasteiger partial charge in [0.1, 0.15) is 0 Å². The van der Waals surface area contributed by atoms with E-state index in [2.05, 4.69) is 75.7 Å². The predicted molar refractivity (Wildman–Crippen MR) is 176 cm³/mol. The smallest absolute Gasteiger partial charge is 0.174 e. The van der Waals surface area contributed by atoms with Crippen molar-refractivity contribution in [1.82, 2.24) is 19.8 Å². The predicted octanol–water partition coefficient (Wildman–Crippen LogP) is 6.29. The Morgan fingerprint density at radius 3 is 2.52 bits per heavy atom. The average Bonchev–Trinajstić information content (AvgIpc) is 3.49. The summed E-state index contributed by atoms with van der Waals surface area (Å²) in [4.78, 5) is 11.9. The van der Waals surface area contributed by atoms with E-state index in [1.807, 2.05) is 18.3 Å². The molecule has 6 rings (SSSR count). The van der Waals surface area contributed by atoms with Gasteiger partial charge in [-0.05, 0) is 93.2 Å². The first-order valence-electron chi connectivity index (χ1n) is 15.4. The minimum Gasteiger partial charge on any atom is -0.379 e. The summed E-state index contributed by atoms with van der Waals surface area (Å²) < 4.78 is 8.00. The van der Waals surface area contributed by atoms with Crippen LogP contribution < -0.4 is 15.1 Å². The van der Waals surface area contributed by atoms with Crippen molar-refractivity contribution in [2.45, 2.75) is 58.7 Å². The van der Waals surface area contributed by atoms with Crippen LogP contribution in [-0.4, -0.2) is 65.5 Å². The quantitative estimate of drug-likeness (QED) is 0.303. The number of nitrogens with zero attached hydrogens (tertiary/aromatic N) is 5. The first-order chi connectivity index (χ1) is 20.4. The number of benzene rings is 1. The third kappa shape index (κ3) is 6.05. The van der Waals surface area contributed by atoms with Crippen LogP contribution in [0.25, 0.3) is 0 Å². The van der Waals surface area contributed by atoms with Gasteiger partial charge in [-0.2, -0.15) is 0 Å². The standard InChI is InChI=1S/C33H43ClN6OS/c1-23-10-15-38(16-11-23)30-9-8-26(22-28(30)34)40-32(31(36-33(40)42)29-7-4-5-12-35-29)27-21-24(2)39(25(27)3)14-6-13-37-17-19-41-20-18-37/h4-5,7-9,12,21-23,31-32H,6,10-11,13-20H2,1-3H3,(H,36,42)/t31-,32+/m1/s1. The van der Waals surface area contributed by atoms with Crippen LogP contribution in [0.3, 0.4) is 0 Å². The van der Waals surface area contributed by atoms with Gasteiger partial charge >= 0.3 is 0 Å². The highest BCUT2D eigenvalue weighted by atomic mass is 35.5. The van der Waals surface area contributed by atoms with Gasteiger partial charge in [0.2, 0.25) is 0 Å². The highest BCUT2D eigenvalue weighted by Crippen LogP contribution is 2.45. The van der Waals surface area contributed by atoms with Gasteiger partial charge in [0, 0.05) is 62.5 Å². The van der Waals surface area contributed by atoms with Crippen LogP contribution in [0, 0.1) is 19.8 Å². The van der Waals surface area contributed by atoms with E-state index in [9.17, 15) is 0 Å². The van der Waals surface area contributed by atoms with E-state index < -0.39 is 0 Å². The SMILES string of the molecule is Cc1cc([C@H]2[C@@H](c3ccccn3)NC(=S)N2c2ccc(N3CCC(C)CC3)c(Cl)c2)c(C)n1CCCN1CCOCC1. The molecule has 3 saturated heterocycles. The number of ether oxygens (including phenoxy) is 1. The van der Waals surface area contributed by atoms with Gasteiger partial charge in [-0.15, -0.1) is 0 Å². The zero-order valence-corrected chi connectivity index (χ0v) is 26.6. The molecule has 0 unspecified atom stereocenters. The minimum absolute atomic E-state index is 0.0515. The summed E-state index contributed by atoms with van der Waals surface area (Å²) in [6, 6.07) is 14.8. The fourth-order valence-corrected chi connectivity index (χ4v) is 7.49. The number of aryl methyl sites for hydroxylation is 1. The molecule has 3 aliphatic rings. The number of nitrogens with one attached hydrogen (secondary N) is 1. The summed E-state index contributed by atoms with van der Waals surface area (Å²) >= 11 is 13.0. The summed E-state index contributed by atoms with van der Waals surface area (Å²) in [5.41, 5.74) is 6.92. The van der Waals surface area contributed by atoms with Crippen molar-refractivity contribution < 1.29 is 4.74 Å². The average molecular weight is 607 g/mol. The van der Waals surface area contributed by atoms with Crippen molar-refractivity contribution in [2.24, 2.45) is 5.92 Å². The molecule has 1 N–H and O–H groups in total. The van der Waals surface area contributed by atoms with Crippen molar-refractivity contribution in [2.75, 3.05) is 55.7 Å². The van der Waals surface area contributed by atoms with E-state index >= 15 is 0 Å². The van der Waals surface area contributed by atoms with Gasteiger partial charge in [0.15, 0.2) is 5.11 Å². The van der Waals surface area contributed by atoms with Crippen molar-refractivity contribution in [1.29, 1.82) is 0 Å². The van der Waals surface area contributed by atoms with E-state index in [1.165, 1.54) is 29.8 Å². The van der Waals surface area contributed by atoms with E-state index in [0.717, 1.165) is 86.9 Å². The maximum Gasteiger partial charge on any atom is 0.174 e. The molecular weight excluding hydrogens is 564 g/mol. The number of hydrogen-bond acceptors (Lipinski definition) is 5. The lowest BCUT2D eigenvalue weighted by atomic mass is 9.96. The monoisotopic (exact) mass is 606 g/mol. The molecule has 0 bridgehead atoms. The summed E-state index contributed by atoms with van der Waals surface area (Å²) in [5.74, 6) is 0.773. The topological polar surface area (TPSA) is 48.8 Å². The first-order valence-corrected chi connectivity index (χ1v) is 16.2. The molecule has 5 heterocycles. The van der Waals surface area contributed by atoms with Crippen molar-refractivity contribution in [3.05, 3.63) is 76.3 Å². The molecular formula is C33H43ClN6OS. The molecule has 3 fully saturated rings. The van der Waals surface area contributed by atoms with Crippen molar-refractivity contribution >= 4 is 40.3 Å². The lowest BCUT2D eigenvalue weighted by molar-refractivity contribution is 0.0369. The summed E-state index contributed by atoms with van der Waals surface area (Å²) in [6.45, 7) is 14.7. The van der Waals surface area contributed by atoms with E-state index in [-0.39, 0.29) is 12.1 Å². The number of morpholine rings is 1. The summed E-state index contributed by atoms with van der Waals surface area (Å²) in [7, 11) is 0. The number of halogens is 1. The van der Waals surface area contributed by atoms with Crippen LogP contribution in [0.1, 0.15) is 60.9 Å². The van der Waals surface area contributed by atoms with E-state index in [4.69, 9.17) is 33.5 Å². The third-order valence-electron chi connectivity index (χ3n) is 9.32. The van der Waals surface area contributed by atoms with Crippen LogP contribution in [0.15, 0.2) is 48.7 Å². The largest absolute Gasteiger partial charge is 0.379 e. The van der Waals surface area contributed by atoms with Crippen LogP contribution in [0.4, 0.5) is 11.4 Å². The molecule has 2 aromatic heterocycles. The molecule has 7 nitrogen and oxygen atoms in total. The summed E-state index contributed by atoms with van der Waals surface area (Å²) in [6.07, 6.45) is 5.37. The second kappa shape index (κ2) is 12.9. The molecule has 42 heavy (non-hydrogen) atoms. The molecule has 0 spiro atoms. The summed E-state index contributed by atoms with van der Waals surface area (Å²) in [5, 5.41) is 5.10. The highest BCUT2D eigenvalue weighted by molar-refractivity contribution is 7.80. The lowest BCUT2D eigenvalue weighted by Crippen LogP contribution is -2.37. The Kier molecular flexibility index (Phi) is 9.05. The Labute approximate surface area is 260 Å². The van der Waals surface area contributed by atoms with E-state index in [1.54, 1.807) is 0 Å². The van der Waals surface area contributed by atoms with Gasteiger partial charge in [-0.3, -0.25) is 9.88 Å². The maximum absolute atomic E-state index is 6.99. The number of thiocarbonyl (C=S) groups is 1. The van der Waals surface area contributed by atoms with Crippen LogP contribution in [0.5, 0.6) is 0 Å². The van der Waals surface area contributed by atoms with E-state index in [0.29, 0.717) is 5.11 Å². The molecule has 9 heteroatoms. The highest BCUT2D eigenvalue weighted by Gasteiger charge is 2.42. The van der Waals surface area contributed by atoms with Gasteiger partial charge in [-0.1, -0.05) is 24.6 Å². The molecule has 0 saturated carbocycles. The van der Waals surface area contributed by atoms with Gasteiger partial charge in [0.25, 0.3) is 0 Å². The Morgan fingerprint density at radius 2 is 1.81 bits per heavy atom. The van der Waals surface area contributed by atoms with Crippen molar-refractivity contribution in [3.8, 4) is 0 Å². The van der Waals surface area contributed by atoms with Crippen LogP contribution in [0.2, 0.25) is 5.02 Å². The molecule has 1 aromatic carbocycles. The minimum atomic E-state index is -0.0805. The normalized spacial score (nSPS) is 22.1. The van der Waals surface area contributed by atoms with Gasteiger partial charge in [-0.25, -0.2) is 0 Å². The Morgan fingerprint density at radius 1 is 1.02 bits per heavy atom. The number of aromatic nitrogens is 2. The second-order valence-corrected chi connectivity index (χ2v) is 12.9. The number of rotatable bonds is 8. The maximum atomic E-state index is 6.99. The van der Waals surface area contributed by atoms with Crippen molar-refractivity contribution in [3.63, 3.8) is 0 Å². The Bertz CT molecular complexity index is 1380. The molecule has 0 aliphatic carbocycles. The van der Waals surface area contributed by atoms with Crippen LogP contribution >= 0.6 is 23.8 Å². The molecule has 3 aromatic rings. The zero-order valence-electron chi connectivity index (χ0n) is 25.1. The second-order valence-electron chi connectivity index (χ2n) is 12.1. The number of pyridine rings is 1. The molecule has 3 aliphatic heterocycles. The Hall–Kier alpha value is -2.65. The molecule has 0 radical (unpaired) electrons. The molecule has 0 amide bonds.